The Hall–Kier alpha value is -0.513. The summed E-state index contributed by atoms with van der Waals surface area (Å²) in [6, 6.07) is 0.881. The molecule has 118 valence electrons. The summed E-state index contributed by atoms with van der Waals surface area (Å²) in [6.45, 7) is 4.20. The molecule has 1 aliphatic heterocycles. The van der Waals surface area contributed by atoms with E-state index in [1.807, 2.05) is 19.0 Å². The molecule has 0 atom stereocenters. The van der Waals surface area contributed by atoms with Gasteiger partial charge < -0.3 is 23.5 Å². The van der Waals surface area contributed by atoms with Crippen molar-refractivity contribution in [1.82, 2.24) is 4.90 Å². The summed E-state index contributed by atoms with van der Waals surface area (Å²) in [7, 11) is 2.41. The van der Waals surface area contributed by atoms with Crippen LogP contribution in [0.3, 0.4) is 0 Å². The van der Waals surface area contributed by atoms with Gasteiger partial charge in [-0.2, -0.15) is 0 Å². The van der Waals surface area contributed by atoms with Gasteiger partial charge in [0.05, 0.1) is 40.3 Å². The van der Waals surface area contributed by atoms with Gasteiger partial charge in [-0.25, -0.2) is 0 Å². The van der Waals surface area contributed by atoms with Gasteiger partial charge in [0.2, 0.25) is 0 Å². The van der Waals surface area contributed by atoms with Gasteiger partial charge in [-0.3, -0.25) is 9.69 Å². The minimum atomic E-state index is -1.66. The molecule has 20 heavy (non-hydrogen) atoms. The Labute approximate surface area is 122 Å². The molecule has 8 heteroatoms. The quantitative estimate of drug-likeness (QED) is 0.467. The van der Waals surface area contributed by atoms with Gasteiger partial charge in [0.1, 0.15) is 0 Å². The number of carboxylic acids is 1. The van der Waals surface area contributed by atoms with E-state index in [1.165, 1.54) is 0 Å². The van der Waals surface area contributed by atoms with Gasteiger partial charge in [0.15, 0.2) is 0 Å². The second-order valence-corrected chi connectivity index (χ2v) is 7.85. The van der Waals surface area contributed by atoms with Crippen LogP contribution in [-0.4, -0.2) is 95.1 Å². The van der Waals surface area contributed by atoms with Crippen LogP contribution in [0.4, 0.5) is 0 Å². The van der Waals surface area contributed by atoms with E-state index < -0.39 is 15.3 Å². The fraction of sp³-hybridized carbons (Fsp3) is 0.917. The van der Waals surface area contributed by atoms with Crippen molar-refractivity contribution >= 4 is 15.3 Å². The van der Waals surface area contributed by atoms with Crippen LogP contribution < -0.4 is 0 Å². The largest absolute Gasteiger partial charge is 0.481 e. The highest BCUT2D eigenvalue weighted by atomic mass is 28.3. The zero-order valence-corrected chi connectivity index (χ0v) is 13.6. The zero-order chi connectivity index (χ0) is 15.0. The second-order valence-electron chi connectivity index (χ2n) is 5.75. The maximum absolute atomic E-state index is 10.6. The Morgan fingerprint density at radius 3 is 2.35 bits per heavy atom. The molecule has 0 aromatic carbocycles. The highest BCUT2D eigenvalue weighted by Crippen LogP contribution is 2.08. The van der Waals surface area contributed by atoms with Gasteiger partial charge in [-0.1, -0.05) is 0 Å². The first-order valence-electron chi connectivity index (χ1n) is 7.03. The van der Waals surface area contributed by atoms with Gasteiger partial charge in [-0.05, 0) is 0 Å². The number of nitrogens with zero attached hydrogens (tertiary/aromatic N) is 2. The van der Waals surface area contributed by atoms with E-state index in [4.69, 9.17) is 19.1 Å². The van der Waals surface area contributed by atoms with Gasteiger partial charge in [0, 0.05) is 32.3 Å². The molecule has 1 heterocycles. The molecule has 0 aromatic heterocycles. The van der Waals surface area contributed by atoms with Crippen LogP contribution in [-0.2, 0) is 13.6 Å². The van der Waals surface area contributed by atoms with E-state index in [1.54, 1.807) is 0 Å². The number of aliphatic hydroxyl groups excluding tert-OH is 1. The van der Waals surface area contributed by atoms with E-state index in [0.29, 0.717) is 24.2 Å². The molecule has 2 N–H and O–H groups in total. The van der Waals surface area contributed by atoms with Crippen molar-refractivity contribution in [2.24, 2.45) is 0 Å². The van der Waals surface area contributed by atoms with Crippen molar-refractivity contribution in [3.05, 3.63) is 0 Å². The fourth-order valence-electron chi connectivity index (χ4n) is 2.06. The topological polar surface area (TPSA) is 79.2 Å². The molecular formula is C12H27N2O5Si+. The van der Waals surface area contributed by atoms with Crippen LogP contribution >= 0.6 is 0 Å². The molecule has 1 rings (SSSR count). The first kappa shape index (κ1) is 17.5. The number of carboxylic acid groups (broad SMARTS) is 1. The number of carbonyl (C=O) groups is 1. The van der Waals surface area contributed by atoms with E-state index in [2.05, 4.69) is 0 Å². The predicted octanol–water partition coefficient (Wildman–Crippen LogP) is -0.943. The molecule has 1 aliphatic rings. The van der Waals surface area contributed by atoms with Crippen molar-refractivity contribution in [3.63, 3.8) is 0 Å². The molecule has 0 aliphatic carbocycles. The van der Waals surface area contributed by atoms with Crippen LogP contribution in [0.15, 0.2) is 0 Å². The smallest absolute Gasteiger partial charge is 0.327 e. The van der Waals surface area contributed by atoms with Crippen LogP contribution in [0, 0.1) is 0 Å². The molecular weight excluding hydrogens is 280 g/mol. The van der Waals surface area contributed by atoms with E-state index in [9.17, 15) is 4.79 Å². The fourth-order valence-corrected chi connectivity index (χ4v) is 4.14. The molecule has 1 fully saturated rings. The van der Waals surface area contributed by atoms with E-state index in [0.717, 1.165) is 25.7 Å². The molecule has 0 unspecified atom stereocenters. The number of rotatable bonds is 7. The number of aliphatic carboxylic acids is 1. The highest BCUT2D eigenvalue weighted by Gasteiger charge is 2.23. The summed E-state index contributed by atoms with van der Waals surface area (Å²) in [4.78, 5) is 12.5. The lowest BCUT2D eigenvalue weighted by Crippen LogP contribution is -2.45. The maximum atomic E-state index is 10.6. The standard InChI is InChI=1S/C12H26N2O5Si/c1-14(2,6-3-12(16)17)7-10-20-18-8-4-13(11-15)5-9-19-20/h15,20H,3-11H2,1-2H3/p+1. The van der Waals surface area contributed by atoms with Crippen molar-refractivity contribution in [1.29, 1.82) is 0 Å². The zero-order valence-electron chi connectivity index (χ0n) is 12.5. The third-order valence-electron chi connectivity index (χ3n) is 3.52. The lowest BCUT2D eigenvalue weighted by Gasteiger charge is -2.31. The number of quaternary nitrogens is 1. The summed E-state index contributed by atoms with van der Waals surface area (Å²) in [5.41, 5.74) is 0. The summed E-state index contributed by atoms with van der Waals surface area (Å²) < 4.78 is 12.2. The average molecular weight is 307 g/mol. The molecule has 0 amide bonds. The Morgan fingerprint density at radius 2 is 1.85 bits per heavy atom. The molecule has 1 saturated heterocycles. The van der Waals surface area contributed by atoms with Crippen LogP contribution in [0.2, 0.25) is 6.04 Å². The van der Waals surface area contributed by atoms with Crippen LogP contribution in [0.25, 0.3) is 0 Å². The van der Waals surface area contributed by atoms with Gasteiger partial charge >= 0.3 is 15.3 Å². The summed E-state index contributed by atoms with van der Waals surface area (Å²) in [5, 5.41) is 17.8. The number of hydrogen-bond acceptors (Lipinski definition) is 5. The number of hydrogen-bond donors (Lipinski definition) is 2. The third kappa shape index (κ3) is 7.32. The molecule has 0 bridgehead atoms. The summed E-state index contributed by atoms with van der Waals surface area (Å²) in [6.07, 6.45) is 0.187. The SMILES string of the molecule is C[N+](C)(CCC(=O)O)CC[SiH]1OCCN(CO)CCO1. The minimum absolute atomic E-state index is 0.0397. The number of aliphatic hydroxyl groups is 1. The second kappa shape index (κ2) is 8.70. The van der Waals surface area contributed by atoms with Crippen molar-refractivity contribution < 1.29 is 28.3 Å². The maximum Gasteiger partial charge on any atom is 0.327 e. The Kier molecular flexibility index (Phi) is 7.63. The Bertz CT molecular complexity index is 294. The van der Waals surface area contributed by atoms with Gasteiger partial charge in [0.25, 0.3) is 0 Å². The summed E-state index contributed by atoms with van der Waals surface area (Å²) in [5.74, 6) is -0.754. The first-order valence-corrected chi connectivity index (χ1v) is 8.79. The van der Waals surface area contributed by atoms with Crippen LogP contribution in [0.5, 0.6) is 0 Å². The molecule has 0 saturated carbocycles. The van der Waals surface area contributed by atoms with E-state index >= 15 is 0 Å². The van der Waals surface area contributed by atoms with Crippen molar-refractivity contribution in [3.8, 4) is 0 Å². The normalized spacial score (nSPS) is 19.6. The third-order valence-corrected chi connectivity index (χ3v) is 5.47. The average Bonchev–Trinajstić information content (AvgIpc) is 2.35. The van der Waals surface area contributed by atoms with Crippen LogP contribution in [0.1, 0.15) is 6.42 Å². The lowest BCUT2D eigenvalue weighted by atomic mass is 10.3. The molecule has 0 aromatic rings. The lowest BCUT2D eigenvalue weighted by molar-refractivity contribution is -0.887. The summed E-state index contributed by atoms with van der Waals surface area (Å²) >= 11 is 0. The molecule has 7 nitrogen and oxygen atoms in total. The van der Waals surface area contributed by atoms with Gasteiger partial charge in [-0.15, -0.1) is 0 Å². The minimum Gasteiger partial charge on any atom is -0.481 e. The Morgan fingerprint density at radius 1 is 1.25 bits per heavy atom. The van der Waals surface area contributed by atoms with E-state index in [-0.39, 0.29) is 13.2 Å². The molecule has 0 radical (unpaired) electrons. The van der Waals surface area contributed by atoms with Crippen molar-refractivity contribution in [2.45, 2.75) is 12.5 Å². The molecule has 0 spiro atoms. The first-order chi connectivity index (χ1) is 9.43. The Balaban J connectivity index is 2.28. The highest BCUT2D eigenvalue weighted by molar-refractivity contribution is 6.44. The van der Waals surface area contributed by atoms with Crippen molar-refractivity contribution in [2.75, 3.05) is 60.2 Å². The monoisotopic (exact) mass is 307 g/mol. The predicted molar refractivity (Wildman–Crippen MR) is 76.6 cm³/mol.